The van der Waals surface area contributed by atoms with Gasteiger partial charge in [0.2, 0.25) is 0 Å². The van der Waals surface area contributed by atoms with Gasteiger partial charge in [0, 0.05) is 0 Å². The summed E-state index contributed by atoms with van der Waals surface area (Å²) in [6.07, 6.45) is 3.53. The van der Waals surface area contributed by atoms with E-state index in [9.17, 15) is 0 Å². The second kappa shape index (κ2) is 4.93. The standard InChI is InChI=1S/C12H16N6O3/c1-12(2)20-7(3-17-19)8(21-12)4-18-6-16-9-10(13)14-5-15-11(9)18/h3,5-8,19H,4H2,1-2H3,(H2,13,14,15)/b17-3+/t7-,8+/m1/s1. The van der Waals surface area contributed by atoms with E-state index in [0.717, 1.165) is 0 Å². The van der Waals surface area contributed by atoms with Crippen molar-refractivity contribution in [1.82, 2.24) is 19.5 Å². The second-order valence-corrected chi connectivity index (χ2v) is 5.23. The molecule has 3 heterocycles. The number of ether oxygens (including phenoxy) is 2. The van der Waals surface area contributed by atoms with Gasteiger partial charge in [-0.15, -0.1) is 0 Å². The van der Waals surface area contributed by atoms with Gasteiger partial charge in [-0.3, -0.25) is 0 Å². The van der Waals surface area contributed by atoms with E-state index >= 15 is 0 Å². The summed E-state index contributed by atoms with van der Waals surface area (Å²) in [6, 6.07) is 0. The van der Waals surface area contributed by atoms with E-state index in [0.29, 0.717) is 23.5 Å². The Kier molecular flexibility index (Phi) is 3.22. The Morgan fingerprint density at radius 2 is 2.24 bits per heavy atom. The lowest BCUT2D eigenvalue weighted by Crippen LogP contribution is -2.28. The number of nitrogen functional groups attached to an aromatic ring is 1. The van der Waals surface area contributed by atoms with Crippen LogP contribution in [0.5, 0.6) is 0 Å². The molecule has 0 radical (unpaired) electrons. The summed E-state index contributed by atoms with van der Waals surface area (Å²) in [6.45, 7) is 4.04. The van der Waals surface area contributed by atoms with Gasteiger partial charge < -0.3 is 25.0 Å². The van der Waals surface area contributed by atoms with Crippen molar-refractivity contribution >= 4 is 23.2 Å². The van der Waals surface area contributed by atoms with Crippen molar-refractivity contribution in [2.24, 2.45) is 5.16 Å². The number of hydrogen-bond donors (Lipinski definition) is 2. The van der Waals surface area contributed by atoms with Crippen LogP contribution in [-0.2, 0) is 16.0 Å². The fraction of sp³-hybridized carbons (Fsp3) is 0.500. The van der Waals surface area contributed by atoms with Crippen molar-refractivity contribution in [1.29, 1.82) is 0 Å². The van der Waals surface area contributed by atoms with Crippen molar-refractivity contribution in [3.05, 3.63) is 12.7 Å². The Morgan fingerprint density at radius 3 is 3.00 bits per heavy atom. The molecule has 2 aromatic rings. The first-order valence-electron chi connectivity index (χ1n) is 6.44. The average Bonchev–Trinajstić information content (AvgIpc) is 2.93. The highest BCUT2D eigenvalue weighted by Gasteiger charge is 2.41. The lowest BCUT2D eigenvalue weighted by atomic mass is 10.2. The number of aromatic nitrogens is 4. The van der Waals surface area contributed by atoms with Crippen LogP contribution in [0, 0.1) is 0 Å². The van der Waals surface area contributed by atoms with Gasteiger partial charge in [-0.2, -0.15) is 0 Å². The number of nitrogens with zero attached hydrogens (tertiary/aromatic N) is 5. The normalized spacial score (nSPS) is 25.0. The van der Waals surface area contributed by atoms with Crippen LogP contribution < -0.4 is 5.73 Å². The van der Waals surface area contributed by atoms with Crippen LogP contribution >= 0.6 is 0 Å². The maximum absolute atomic E-state index is 8.73. The number of fused-ring (bicyclic) bond motifs is 1. The maximum atomic E-state index is 8.73. The van der Waals surface area contributed by atoms with E-state index in [4.69, 9.17) is 20.4 Å². The topological polar surface area (TPSA) is 121 Å². The summed E-state index contributed by atoms with van der Waals surface area (Å²) in [5.74, 6) is -0.419. The minimum Gasteiger partial charge on any atom is -0.411 e. The van der Waals surface area contributed by atoms with Gasteiger partial charge >= 0.3 is 0 Å². The summed E-state index contributed by atoms with van der Waals surface area (Å²) in [5.41, 5.74) is 6.92. The first-order chi connectivity index (χ1) is 10.00. The van der Waals surface area contributed by atoms with Crippen molar-refractivity contribution in [3.63, 3.8) is 0 Å². The van der Waals surface area contributed by atoms with Gasteiger partial charge in [-0.1, -0.05) is 5.16 Å². The third-order valence-electron chi connectivity index (χ3n) is 3.24. The fourth-order valence-corrected chi connectivity index (χ4v) is 2.42. The van der Waals surface area contributed by atoms with E-state index in [2.05, 4.69) is 20.1 Å². The Hall–Kier alpha value is -2.26. The van der Waals surface area contributed by atoms with E-state index < -0.39 is 11.9 Å². The Morgan fingerprint density at radius 1 is 1.43 bits per heavy atom. The van der Waals surface area contributed by atoms with Crippen molar-refractivity contribution in [2.75, 3.05) is 5.73 Å². The Bertz CT molecular complexity index is 683. The molecule has 2 aromatic heterocycles. The van der Waals surface area contributed by atoms with E-state index in [1.807, 2.05) is 0 Å². The zero-order valence-electron chi connectivity index (χ0n) is 11.7. The molecule has 0 aromatic carbocycles. The smallest absolute Gasteiger partial charge is 0.165 e. The third-order valence-corrected chi connectivity index (χ3v) is 3.24. The molecule has 1 fully saturated rings. The van der Waals surface area contributed by atoms with Crippen molar-refractivity contribution in [2.45, 2.75) is 38.4 Å². The predicted molar refractivity (Wildman–Crippen MR) is 73.8 cm³/mol. The van der Waals surface area contributed by atoms with Gasteiger partial charge in [0.15, 0.2) is 17.3 Å². The number of hydrogen-bond acceptors (Lipinski definition) is 8. The zero-order valence-corrected chi connectivity index (χ0v) is 11.7. The molecule has 0 unspecified atom stereocenters. The molecule has 1 aliphatic rings. The molecule has 3 rings (SSSR count). The van der Waals surface area contributed by atoms with Crippen LogP contribution in [0.2, 0.25) is 0 Å². The minimum atomic E-state index is -0.749. The van der Waals surface area contributed by atoms with Gasteiger partial charge in [-0.25, -0.2) is 15.0 Å². The zero-order chi connectivity index (χ0) is 15.0. The van der Waals surface area contributed by atoms with Gasteiger partial charge in [0.05, 0.1) is 19.1 Å². The van der Waals surface area contributed by atoms with Gasteiger partial charge in [0.25, 0.3) is 0 Å². The molecule has 0 aliphatic carbocycles. The Labute approximate surface area is 120 Å². The molecule has 0 amide bonds. The minimum absolute atomic E-state index is 0.329. The highest BCUT2D eigenvalue weighted by molar-refractivity contribution is 5.81. The van der Waals surface area contributed by atoms with Crippen LogP contribution in [-0.4, -0.2) is 48.9 Å². The van der Waals surface area contributed by atoms with Crippen molar-refractivity contribution < 1.29 is 14.7 Å². The molecule has 21 heavy (non-hydrogen) atoms. The van der Waals surface area contributed by atoms with E-state index in [1.165, 1.54) is 12.5 Å². The molecule has 9 heteroatoms. The molecular weight excluding hydrogens is 276 g/mol. The number of nitrogens with two attached hydrogens (primary N) is 1. The molecule has 2 atom stereocenters. The van der Waals surface area contributed by atoms with Gasteiger partial charge in [-0.05, 0) is 13.8 Å². The van der Waals surface area contributed by atoms with Crippen LogP contribution in [0.25, 0.3) is 11.2 Å². The summed E-state index contributed by atoms with van der Waals surface area (Å²) in [7, 11) is 0. The summed E-state index contributed by atoms with van der Waals surface area (Å²) >= 11 is 0. The molecule has 112 valence electrons. The molecule has 0 bridgehead atoms. The number of anilines is 1. The average molecular weight is 292 g/mol. The van der Waals surface area contributed by atoms with E-state index in [1.54, 1.807) is 24.7 Å². The van der Waals surface area contributed by atoms with Crippen LogP contribution in [0.4, 0.5) is 5.82 Å². The molecule has 0 spiro atoms. The highest BCUT2D eigenvalue weighted by atomic mass is 16.8. The summed E-state index contributed by atoms with van der Waals surface area (Å²) in [5, 5.41) is 11.8. The molecule has 1 aliphatic heterocycles. The highest BCUT2D eigenvalue weighted by Crippen LogP contribution is 2.29. The number of imidazole rings is 1. The van der Waals surface area contributed by atoms with Crippen LogP contribution in [0.15, 0.2) is 17.8 Å². The first kappa shape index (κ1) is 13.7. The molecule has 1 saturated heterocycles. The maximum Gasteiger partial charge on any atom is 0.165 e. The largest absolute Gasteiger partial charge is 0.411 e. The summed E-state index contributed by atoms with van der Waals surface area (Å²) in [4.78, 5) is 12.3. The molecule has 0 saturated carbocycles. The molecular formula is C12H16N6O3. The second-order valence-electron chi connectivity index (χ2n) is 5.23. The first-order valence-corrected chi connectivity index (χ1v) is 6.44. The van der Waals surface area contributed by atoms with E-state index in [-0.39, 0.29) is 6.10 Å². The SMILES string of the molecule is CC1(C)O[C@@H](Cn2cnc3c(N)ncnc32)[C@@H](/C=N/O)O1. The monoisotopic (exact) mass is 292 g/mol. The molecule has 9 nitrogen and oxygen atoms in total. The lowest BCUT2D eigenvalue weighted by Gasteiger charge is -2.17. The Balaban J connectivity index is 1.89. The third kappa shape index (κ3) is 2.52. The van der Waals surface area contributed by atoms with Crippen molar-refractivity contribution in [3.8, 4) is 0 Å². The van der Waals surface area contributed by atoms with Crippen LogP contribution in [0.1, 0.15) is 13.8 Å². The fourth-order valence-electron chi connectivity index (χ4n) is 2.42. The lowest BCUT2D eigenvalue weighted by molar-refractivity contribution is -0.142. The van der Waals surface area contributed by atoms with Gasteiger partial charge in [0.1, 0.15) is 24.1 Å². The summed E-state index contributed by atoms with van der Waals surface area (Å²) < 4.78 is 13.3. The van der Waals surface area contributed by atoms with Crippen LogP contribution in [0.3, 0.4) is 0 Å². The quantitative estimate of drug-likeness (QED) is 0.477. The predicted octanol–water partition coefficient (Wildman–Crippen LogP) is 0.389. The number of rotatable bonds is 3. The number of oxime groups is 1. The molecule has 3 N–H and O–H groups in total.